The highest BCUT2D eigenvalue weighted by Crippen LogP contribution is 2.38. The first kappa shape index (κ1) is 12.9. The molecule has 4 nitrogen and oxygen atoms in total. The van der Waals surface area contributed by atoms with Crippen molar-refractivity contribution in [1.82, 2.24) is 15.0 Å². The molecule has 0 saturated heterocycles. The van der Waals surface area contributed by atoms with Crippen molar-refractivity contribution in [3.63, 3.8) is 0 Å². The summed E-state index contributed by atoms with van der Waals surface area (Å²) in [6.07, 6.45) is 3.59. The van der Waals surface area contributed by atoms with Crippen LogP contribution in [0.3, 0.4) is 0 Å². The van der Waals surface area contributed by atoms with Crippen molar-refractivity contribution in [3.05, 3.63) is 39.6 Å². The van der Waals surface area contributed by atoms with Gasteiger partial charge >= 0.3 is 0 Å². The minimum Gasteiger partial charge on any atom is -0.325 e. The molecular formula is C13H14Cl2N4. The molecule has 6 heteroatoms. The Bertz CT molecular complexity index is 605. The van der Waals surface area contributed by atoms with E-state index in [1.807, 2.05) is 10.7 Å². The fourth-order valence-corrected chi connectivity index (χ4v) is 2.66. The second-order valence-corrected chi connectivity index (χ2v) is 5.58. The Balaban J connectivity index is 2.08. The first-order chi connectivity index (χ1) is 9.20. The third kappa shape index (κ3) is 2.24. The van der Waals surface area contributed by atoms with Gasteiger partial charge < -0.3 is 5.73 Å². The smallest absolute Gasteiger partial charge is 0.100 e. The van der Waals surface area contributed by atoms with Crippen molar-refractivity contribution in [1.29, 1.82) is 0 Å². The number of hydrogen-bond acceptors (Lipinski definition) is 3. The lowest BCUT2D eigenvalue weighted by Crippen LogP contribution is -2.17. The van der Waals surface area contributed by atoms with Crippen LogP contribution in [0.1, 0.15) is 36.6 Å². The zero-order valence-corrected chi connectivity index (χ0v) is 11.8. The molecule has 1 saturated carbocycles. The minimum atomic E-state index is 0.410. The molecule has 100 valence electrons. The van der Waals surface area contributed by atoms with E-state index >= 15 is 0 Å². The largest absolute Gasteiger partial charge is 0.325 e. The predicted molar refractivity (Wildman–Crippen MR) is 75.9 cm³/mol. The van der Waals surface area contributed by atoms with Crippen molar-refractivity contribution >= 4 is 23.2 Å². The van der Waals surface area contributed by atoms with Gasteiger partial charge in [-0.05, 0) is 31.0 Å². The first-order valence-corrected chi connectivity index (χ1v) is 7.06. The second kappa shape index (κ2) is 5.12. The summed E-state index contributed by atoms with van der Waals surface area (Å²) in [5, 5.41) is 9.45. The van der Waals surface area contributed by atoms with Gasteiger partial charge in [-0.25, -0.2) is 4.68 Å². The number of benzene rings is 1. The Morgan fingerprint density at radius 3 is 2.63 bits per heavy atom. The maximum Gasteiger partial charge on any atom is 0.100 e. The van der Waals surface area contributed by atoms with Crippen molar-refractivity contribution in [2.24, 2.45) is 5.73 Å². The predicted octanol–water partition coefficient (Wildman–Crippen LogP) is 3.30. The second-order valence-electron chi connectivity index (χ2n) is 4.76. The molecule has 0 unspecified atom stereocenters. The molecule has 0 radical (unpaired) electrons. The van der Waals surface area contributed by atoms with E-state index in [4.69, 9.17) is 28.9 Å². The topological polar surface area (TPSA) is 56.7 Å². The molecule has 1 fully saturated rings. The van der Waals surface area contributed by atoms with Gasteiger partial charge in [-0.3, -0.25) is 0 Å². The molecule has 2 N–H and O–H groups in total. The Labute approximate surface area is 121 Å². The lowest BCUT2D eigenvalue weighted by atomic mass is 9.82. The van der Waals surface area contributed by atoms with Gasteiger partial charge in [0.25, 0.3) is 0 Å². The van der Waals surface area contributed by atoms with Gasteiger partial charge in [0.05, 0.1) is 21.4 Å². The lowest BCUT2D eigenvalue weighted by Gasteiger charge is -2.26. The molecule has 3 rings (SSSR count). The van der Waals surface area contributed by atoms with Gasteiger partial charge in [0, 0.05) is 12.5 Å². The Kier molecular flexibility index (Phi) is 3.48. The highest BCUT2D eigenvalue weighted by atomic mass is 35.5. The van der Waals surface area contributed by atoms with Crippen molar-refractivity contribution in [2.75, 3.05) is 0 Å². The quantitative estimate of drug-likeness (QED) is 0.945. The summed E-state index contributed by atoms with van der Waals surface area (Å²) in [4.78, 5) is 0. The van der Waals surface area contributed by atoms with Crippen LogP contribution in [0.4, 0.5) is 0 Å². The molecule has 2 aromatic rings. The Morgan fingerprint density at radius 2 is 2.05 bits per heavy atom. The van der Waals surface area contributed by atoms with E-state index in [1.165, 1.54) is 19.3 Å². The van der Waals surface area contributed by atoms with Crippen LogP contribution in [0.25, 0.3) is 5.69 Å². The fraction of sp³-hybridized carbons (Fsp3) is 0.385. The van der Waals surface area contributed by atoms with Crippen LogP contribution in [0.5, 0.6) is 0 Å². The molecule has 0 spiro atoms. The monoisotopic (exact) mass is 296 g/mol. The van der Waals surface area contributed by atoms with E-state index in [0.717, 1.165) is 17.1 Å². The molecule has 19 heavy (non-hydrogen) atoms. The van der Waals surface area contributed by atoms with Crippen molar-refractivity contribution in [3.8, 4) is 5.69 Å². The summed E-state index contributed by atoms with van der Waals surface area (Å²) in [7, 11) is 0. The number of nitrogens with zero attached hydrogens (tertiary/aromatic N) is 3. The van der Waals surface area contributed by atoms with Gasteiger partial charge in [0.15, 0.2) is 0 Å². The van der Waals surface area contributed by atoms with Gasteiger partial charge in [0.1, 0.15) is 5.69 Å². The standard InChI is InChI=1S/C13H14Cl2N4/c14-10-5-4-9(6-11(10)15)19-13(8-2-1-3-8)12(7-16)17-18-19/h4-6,8H,1-3,7,16H2. The summed E-state index contributed by atoms with van der Waals surface area (Å²) in [5.41, 5.74) is 8.62. The van der Waals surface area contributed by atoms with Crippen LogP contribution in [0.2, 0.25) is 10.0 Å². The maximum atomic E-state index is 6.07. The summed E-state index contributed by atoms with van der Waals surface area (Å²) in [6, 6.07) is 5.47. The fourth-order valence-electron chi connectivity index (χ4n) is 2.36. The zero-order chi connectivity index (χ0) is 13.4. The molecular weight excluding hydrogens is 283 g/mol. The molecule has 1 aliphatic rings. The highest BCUT2D eigenvalue weighted by Gasteiger charge is 2.27. The SMILES string of the molecule is NCc1nnn(-c2ccc(Cl)c(Cl)c2)c1C1CCC1. The average Bonchev–Trinajstić information content (AvgIpc) is 2.74. The van der Waals surface area contributed by atoms with Crippen LogP contribution >= 0.6 is 23.2 Å². The highest BCUT2D eigenvalue weighted by molar-refractivity contribution is 6.42. The van der Waals surface area contributed by atoms with Crippen molar-refractivity contribution in [2.45, 2.75) is 31.7 Å². The summed E-state index contributed by atoms with van der Waals surface area (Å²) in [5.74, 6) is 0.503. The van der Waals surface area contributed by atoms with E-state index < -0.39 is 0 Å². The lowest BCUT2D eigenvalue weighted by molar-refractivity contribution is 0.401. The summed E-state index contributed by atoms with van der Waals surface area (Å²) in [6.45, 7) is 0.410. The van der Waals surface area contributed by atoms with Crippen LogP contribution in [-0.4, -0.2) is 15.0 Å². The number of halogens is 2. The molecule has 1 aliphatic carbocycles. The Hall–Kier alpha value is -1.10. The van der Waals surface area contributed by atoms with Crippen LogP contribution in [-0.2, 0) is 6.54 Å². The van der Waals surface area contributed by atoms with Crippen molar-refractivity contribution < 1.29 is 0 Å². The molecule has 0 aliphatic heterocycles. The number of hydrogen-bond donors (Lipinski definition) is 1. The normalized spacial score (nSPS) is 15.5. The van der Waals surface area contributed by atoms with E-state index in [-0.39, 0.29) is 0 Å². The van der Waals surface area contributed by atoms with E-state index in [9.17, 15) is 0 Å². The summed E-state index contributed by atoms with van der Waals surface area (Å²) >= 11 is 12.0. The van der Waals surface area contributed by atoms with E-state index in [1.54, 1.807) is 12.1 Å². The van der Waals surface area contributed by atoms with Gasteiger partial charge in [-0.15, -0.1) is 5.10 Å². The van der Waals surface area contributed by atoms with E-state index in [2.05, 4.69) is 10.3 Å². The summed E-state index contributed by atoms with van der Waals surface area (Å²) < 4.78 is 1.84. The maximum absolute atomic E-state index is 6.07. The molecule has 1 heterocycles. The van der Waals surface area contributed by atoms with Gasteiger partial charge in [-0.2, -0.15) is 0 Å². The number of aromatic nitrogens is 3. The minimum absolute atomic E-state index is 0.410. The molecule has 0 amide bonds. The molecule has 1 aromatic heterocycles. The number of rotatable bonds is 3. The molecule has 0 bridgehead atoms. The average molecular weight is 297 g/mol. The zero-order valence-electron chi connectivity index (χ0n) is 10.3. The molecule has 1 aromatic carbocycles. The van der Waals surface area contributed by atoms with Crippen LogP contribution < -0.4 is 5.73 Å². The van der Waals surface area contributed by atoms with Crippen LogP contribution in [0.15, 0.2) is 18.2 Å². The van der Waals surface area contributed by atoms with Crippen LogP contribution in [0, 0.1) is 0 Å². The third-order valence-electron chi connectivity index (χ3n) is 3.61. The number of nitrogens with two attached hydrogens (primary N) is 1. The van der Waals surface area contributed by atoms with Gasteiger partial charge in [-0.1, -0.05) is 34.8 Å². The first-order valence-electron chi connectivity index (χ1n) is 6.30. The van der Waals surface area contributed by atoms with Gasteiger partial charge in [0.2, 0.25) is 0 Å². The third-order valence-corrected chi connectivity index (χ3v) is 4.35. The molecule has 0 atom stereocenters. The van der Waals surface area contributed by atoms with E-state index in [0.29, 0.717) is 22.5 Å². The Morgan fingerprint density at radius 1 is 1.26 bits per heavy atom.